The zero-order valence-corrected chi connectivity index (χ0v) is 23.8. The Bertz CT molecular complexity index is 1310. The van der Waals surface area contributed by atoms with E-state index in [4.69, 9.17) is 40.4 Å². The Labute approximate surface area is 237 Å². The van der Waals surface area contributed by atoms with E-state index in [1.165, 1.54) is 17.8 Å². The second-order valence-electron chi connectivity index (χ2n) is 8.48. The molecule has 0 saturated heterocycles. The largest absolute Gasteiger partial charge is 0.497 e. The summed E-state index contributed by atoms with van der Waals surface area (Å²) in [7, 11) is 3.29. The van der Waals surface area contributed by atoms with Crippen molar-refractivity contribution in [1.82, 2.24) is 19.9 Å². The molecule has 11 nitrogen and oxygen atoms in total. The smallest absolute Gasteiger partial charge is 0.236 e. The Morgan fingerprint density at radius 2 is 1.15 bits per heavy atom. The summed E-state index contributed by atoms with van der Waals surface area (Å²) in [5.41, 5.74) is 13.9. The van der Waals surface area contributed by atoms with E-state index >= 15 is 0 Å². The predicted molar refractivity (Wildman–Crippen MR) is 155 cm³/mol. The van der Waals surface area contributed by atoms with Gasteiger partial charge in [-0.2, -0.15) is 9.97 Å². The quantitative estimate of drug-likeness (QED) is 0.219. The van der Waals surface area contributed by atoms with E-state index in [0.29, 0.717) is 54.1 Å². The average molecular weight is 564 g/mol. The molecule has 0 spiro atoms. The lowest BCUT2D eigenvalue weighted by molar-refractivity contribution is 0.289. The maximum absolute atomic E-state index is 5.98. The molecule has 0 aliphatic heterocycles. The molecule has 0 aliphatic rings. The second kappa shape index (κ2) is 13.6. The van der Waals surface area contributed by atoms with Gasteiger partial charge in [0, 0.05) is 19.2 Å². The van der Waals surface area contributed by atoms with Crippen LogP contribution in [0.5, 0.6) is 23.3 Å². The van der Waals surface area contributed by atoms with Crippen molar-refractivity contribution in [2.75, 3.05) is 43.8 Å². The van der Waals surface area contributed by atoms with Gasteiger partial charge in [0.2, 0.25) is 17.7 Å². The van der Waals surface area contributed by atoms with Gasteiger partial charge >= 0.3 is 0 Å². The zero-order valence-electron chi connectivity index (χ0n) is 23.0. The van der Waals surface area contributed by atoms with Crippen molar-refractivity contribution in [3.8, 4) is 23.3 Å². The molecule has 0 amide bonds. The fraction of sp³-hybridized carbons (Fsp3) is 0.286. The lowest BCUT2D eigenvalue weighted by atomic mass is 10.1. The number of aromatic nitrogens is 4. The van der Waals surface area contributed by atoms with Gasteiger partial charge in [0.05, 0.1) is 27.4 Å². The number of rotatable bonds is 13. The summed E-state index contributed by atoms with van der Waals surface area (Å²) in [4.78, 5) is 20.8. The summed E-state index contributed by atoms with van der Waals surface area (Å²) in [6.45, 7) is 5.58. The molecular weight excluding hydrogens is 530 g/mol. The molecular formula is C28H33N7O4S. The third-order valence-corrected chi connectivity index (χ3v) is 6.56. The average Bonchev–Trinajstić information content (AvgIpc) is 2.95. The Hall–Kier alpha value is -4.45. The number of nitrogens with two attached hydrogens (primary N) is 2. The number of benzene rings is 2. The van der Waals surface area contributed by atoms with E-state index in [9.17, 15) is 0 Å². The first-order chi connectivity index (χ1) is 19.4. The fourth-order valence-electron chi connectivity index (χ4n) is 3.80. The maximum atomic E-state index is 5.98. The SMILES string of the molecule is CCOc1nc(N(Cc2ccc(OC)cc2)Cc2ccc(OC)cc2)nc(OCC)c1Sc1nc(N)cc(N)n1. The van der Waals surface area contributed by atoms with E-state index in [1.54, 1.807) is 14.2 Å². The maximum Gasteiger partial charge on any atom is 0.236 e. The molecule has 4 aromatic rings. The first-order valence-corrected chi connectivity index (χ1v) is 13.5. The van der Waals surface area contributed by atoms with Crippen LogP contribution in [0.4, 0.5) is 17.6 Å². The molecule has 12 heteroatoms. The number of methoxy groups -OCH3 is 2. The lowest BCUT2D eigenvalue weighted by Gasteiger charge is -2.25. The Morgan fingerprint density at radius 1 is 0.700 bits per heavy atom. The van der Waals surface area contributed by atoms with Crippen LogP contribution in [0.3, 0.4) is 0 Å². The van der Waals surface area contributed by atoms with Gasteiger partial charge in [-0.05, 0) is 61.0 Å². The van der Waals surface area contributed by atoms with Gasteiger partial charge in [0.1, 0.15) is 28.0 Å². The molecule has 0 aliphatic carbocycles. The molecule has 2 aromatic carbocycles. The molecule has 210 valence electrons. The van der Waals surface area contributed by atoms with Crippen LogP contribution in [0.15, 0.2) is 64.6 Å². The van der Waals surface area contributed by atoms with Crippen molar-refractivity contribution < 1.29 is 18.9 Å². The Morgan fingerprint density at radius 3 is 1.55 bits per heavy atom. The summed E-state index contributed by atoms with van der Waals surface area (Å²) in [5.74, 6) is 3.22. The predicted octanol–water partition coefficient (Wildman–Crippen LogP) is 4.60. The third-order valence-electron chi connectivity index (χ3n) is 5.64. The molecule has 0 radical (unpaired) electrons. The van der Waals surface area contributed by atoms with Crippen LogP contribution in [0.1, 0.15) is 25.0 Å². The van der Waals surface area contributed by atoms with Crippen LogP contribution in [-0.2, 0) is 13.1 Å². The molecule has 2 heterocycles. The highest BCUT2D eigenvalue weighted by Gasteiger charge is 2.23. The van der Waals surface area contributed by atoms with Gasteiger partial charge in [-0.25, -0.2) is 9.97 Å². The molecule has 0 bridgehead atoms. The summed E-state index contributed by atoms with van der Waals surface area (Å²) in [5, 5.41) is 0.337. The highest BCUT2D eigenvalue weighted by Crippen LogP contribution is 2.40. The van der Waals surface area contributed by atoms with Crippen molar-refractivity contribution in [3.63, 3.8) is 0 Å². The standard InChI is InChI=1S/C28H33N7O4S/c1-5-38-25-24(40-28-31-22(29)15-23(30)32-28)26(39-6-2)34-27(33-25)35(16-18-7-11-20(36-3)12-8-18)17-19-9-13-21(37-4)14-10-19/h7-15H,5-6,16-17H2,1-4H3,(H4,29,30,31,32). The van der Waals surface area contributed by atoms with Gasteiger partial charge in [0.25, 0.3) is 0 Å². The zero-order chi connectivity index (χ0) is 28.5. The van der Waals surface area contributed by atoms with E-state index < -0.39 is 0 Å². The molecule has 0 saturated carbocycles. The van der Waals surface area contributed by atoms with Crippen molar-refractivity contribution in [2.45, 2.75) is 37.0 Å². The minimum Gasteiger partial charge on any atom is -0.497 e. The highest BCUT2D eigenvalue weighted by molar-refractivity contribution is 7.99. The monoisotopic (exact) mass is 563 g/mol. The van der Waals surface area contributed by atoms with Crippen LogP contribution in [0, 0.1) is 0 Å². The van der Waals surface area contributed by atoms with Gasteiger partial charge < -0.3 is 35.3 Å². The number of anilines is 3. The molecule has 0 atom stereocenters. The highest BCUT2D eigenvalue weighted by atomic mass is 32.2. The summed E-state index contributed by atoms with van der Waals surface area (Å²) in [6.07, 6.45) is 0. The first-order valence-electron chi connectivity index (χ1n) is 12.7. The number of ether oxygens (including phenoxy) is 4. The van der Waals surface area contributed by atoms with Crippen LogP contribution in [0.2, 0.25) is 0 Å². The van der Waals surface area contributed by atoms with E-state index in [-0.39, 0.29) is 11.6 Å². The molecule has 2 aromatic heterocycles. The van der Waals surface area contributed by atoms with Gasteiger partial charge in [-0.3, -0.25) is 0 Å². The summed E-state index contributed by atoms with van der Waals surface area (Å²) in [6, 6.07) is 17.2. The normalized spacial score (nSPS) is 10.7. The van der Waals surface area contributed by atoms with Gasteiger partial charge in [0.15, 0.2) is 5.16 Å². The fourth-order valence-corrected chi connectivity index (χ4v) is 4.66. The third kappa shape index (κ3) is 7.35. The molecule has 4 rings (SSSR count). The van der Waals surface area contributed by atoms with Crippen LogP contribution >= 0.6 is 11.8 Å². The number of hydrogen-bond acceptors (Lipinski definition) is 12. The van der Waals surface area contributed by atoms with Crippen LogP contribution < -0.4 is 35.3 Å². The first kappa shape index (κ1) is 28.6. The van der Waals surface area contributed by atoms with Gasteiger partial charge in [-0.15, -0.1) is 0 Å². The second-order valence-corrected chi connectivity index (χ2v) is 9.46. The van der Waals surface area contributed by atoms with Crippen LogP contribution in [-0.4, -0.2) is 47.4 Å². The van der Waals surface area contributed by atoms with E-state index in [2.05, 4.69) is 14.9 Å². The molecule has 0 fully saturated rings. The van der Waals surface area contributed by atoms with Gasteiger partial charge in [-0.1, -0.05) is 24.3 Å². The summed E-state index contributed by atoms with van der Waals surface area (Å²) >= 11 is 1.18. The number of nitrogen functional groups attached to an aromatic ring is 2. The Balaban J connectivity index is 1.77. The Kier molecular flexibility index (Phi) is 9.68. The summed E-state index contributed by atoms with van der Waals surface area (Å²) < 4.78 is 22.6. The van der Waals surface area contributed by atoms with Crippen LogP contribution in [0.25, 0.3) is 0 Å². The minimum absolute atomic E-state index is 0.258. The molecule has 40 heavy (non-hydrogen) atoms. The number of hydrogen-bond donors (Lipinski definition) is 2. The van der Waals surface area contributed by atoms with Crippen molar-refractivity contribution in [2.24, 2.45) is 0 Å². The molecule has 0 unspecified atom stereocenters. The molecule has 4 N–H and O–H groups in total. The minimum atomic E-state index is 0.258. The van der Waals surface area contributed by atoms with Crippen molar-refractivity contribution in [3.05, 3.63) is 65.7 Å². The van der Waals surface area contributed by atoms with E-state index in [1.807, 2.05) is 62.4 Å². The van der Waals surface area contributed by atoms with E-state index in [0.717, 1.165) is 22.6 Å². The number of nitrogens with zero attached hydrogens (tertiary/aromatic N) is 5. The topological polar surface area (TPSA) is 144 Å². The lowest BCUT2D eigenvalue weighted by Crippen LogP contribution is -2.25. The van der Waals surface area contributed by atoms with Crippen molar-refractivity contribution in [1.29, 1.82) is 0 Å². The van der Waals surface area contributed by atoms with Crippen molar-refractivity contribution >= 4 is 29.3 Å².